The minimum Gasteiger partial charge on any atom is -0.493 e. The predicted molar refractivity (Wildman–Crippen MR) is 81.3 cm³/mol. The molecule has 0 aliphatic rings. The number of methoxy groups -OCH3 is 1. The van der Waals surface area contributed by atoms with E-state index in [1.165, 1.54) is 4.57 Å². The Balaban J connectivity index is 2.05. The highest BCUT2D eigenvalue weighted by Crippen LogP contribution is 2.25. The van der Waals surface area contributed by atoms with Crippen molar-refractivity contribution in [3.63, 3.8) is 0 Å². The summed E-state index contributed by atoms with van der Waals surface area (Å²) in [6.45, 7) is 0.747. The van der Waals surface area contributed by atoms with Crippen molar-refractivity contribution in [1.82, 2.24) is 4.57 Å². The first-order valence-corrected chi connectivity index (χ1v) is 6.82. The van der Waals surface area contributed by atoms with Crippen LogP contribution < -0.4 is 20.8 Å². The molecule has 1 aromatic carbocycles. The molecule has 2 rings (SSSR count). The standard InChI is InChI=1S/C14H15BrN2O3/c1-19-12-4-2-3-5-13(12)20-7-6-17-9-10(16)8-11(15)14(17)18/h2-5,8-9H,6-7,16H2,1H3. The van der Waals surface area contributed by atoms with Crippen molar-refractivity contribution >= 4 is 21.6 Å². The number of hydrogen-bond donors (Lipinski definition) is 1. The second kappa shape index (κ2) is 6.47. The number of benzene rings is 1. The Morgan fingerprint density at radius 3 is 2.70 bits per heavy atom. The molecule has 1 heterocycles. The van der Waals surface area contributed by atoms with Gasteiger partial charge in [0.2, 0.25) is 0 Å². The van der Waals surface area contributed by atoms with Gasteiger partial charge in [-0.15, -0.1) is 0 Å². The Morgan fingerprint density at radius 1 is 1.30 bits per heavy atom. The first kappa shape index (κ1) is 14.5. The normalized spacial score (nSPS) is 10.3. The molecule has 0 spiro atoms. The van der Waals surface area contributed by atoms with E-state index in [1.807, 2.05) is 24.3 Å². The summed E-state index contributed by atoms with van der Waals surface area (Å²) in [4.78, 5) is 11.9. The first-order chi connectivity index (χ1) is 9.61. The van der Waals surface area contributed by atoms with Crippen LogP contribution in [-0.4, -0.2) is 18.3 Å². The number of nitrogens with zero attached hydrogens (tertiary/aromatic N) is 1. The van der Waals surface area contributed by atoms with Crippen molar-refractivity contribution in [2.24, 2.45) is 0 Å². The average Bonchev–Trinajstić information content (AvgIpc) is 2.44. The van der Waals surface area contributed by atoms with E-state index in [1.54, 1.807) is 19.4 Å². The van der Waals surface area contributed by atoms with Crippen LogP contribution in [0.25, 0.3) is 0 Å². The fraction of sp³-hybridized carbons (Fsp3) is 0.214. The number of hydrogen-bond acceptors (Lipinski definition) is 4. The van der Waals surface area contributed by atoms with Crippen LogP contribution in [0.4, 0.5) is 5.69 Å². The maximum Gasteiger partial charge on any atom is 0.265 e. The van der Waals surface area contributed by atoms with Crippen molar-refractivity contribution in [1.29, 1.82) is 0 Å². The highest BCUT2D eigenvalue weighted by molar-refractivity contribution is 9.10. The number of nitrogens with two attached hydrogens (primary N) is 1. The van der Waals surface area contributed by atoms with E-state index in [9.17, 15) is 4.79 Å². The van der Waals surface area contributed by atoms with Gasteiger partial charge in [-0.2, -0.15) is 0 Å². The van der Waals surface area contributed by atoms with Gasteiger partial charge in [0.05, 0.1) is 18.1 Å². The minimum atomic E-state index is -0.136. The summed E-state index contributed by atoms with van der Waals surface area (Å²) in [5, 5.41) is 0. The molecular weight excluding hydrogens is 324 g/mol. The van der Waals surface area contributed by atoms with Crippen LogP contribution >= 0.6 is 15.9 Å². The van der Waals surface area contributed by atoms with Crippen molar-refractivity contribution in [3.05, 3.63) is 51.4 Å². The van der Waals surface area contributed by atoms with E-state index in [0.717, 1.165) is 0 Å². The smallest absolute Gasteiger partial charge is 0.265 e. The zero-order valence-corrected chi connectivity index (χ0v) is 12.6. The Kier molecular flexibility index (Phi) is 4.68. The summed E-state index contributed by atoms with van der Waals surface area (Å²) >= 11 is 3.18. The van der Waals surface area contributed by atoms with Gasteiger partial charge in [-0.1, -0.05) is 12.1 Å². The van der Waals surface area contributed by atoms with Crippen LogP contribution in [0.2, 0.25) is 0 Å². The van der Waals surface area contributed by atoms with Crippen molar-refractivity contribution in [2.75, 3.05) is 19.5 Å². The van der Waals surface area contributed by atoms with Gasteiger partial charge in [0.15, 0.2) is 11.5 Å². The Hall–Kier alpha value is -1.95. The number of halogens is 1. The number of aromatic nitrogens is 1. The topological polar surface area (TPSA) is 66.5 Å². The largest absolute Gasteiger partial charge is 0.493 e. The Labute approximate surface area is 125 Å². The van der Waals surface area contributed by atoms with Crippen molar-refractivity contribution in [3.8, 4) is 11.5 Å². The third-order valence-corrected chi connectivity index (χ3v) is 3.29. The van der Waals surface area contributed by atoms with Gasteiger partial charge in [-0.25, -0.2) is 0 Å². The summed E-state index contributed by atoms with van der Waals surface area (Å²) in [6, 6.07) is 8.95. The summed E-state index contributed by atoms with van der Waals surface area (Å²) in [5.74, 6) is 1.31. The zero-order valence-electron chi connectivity index (χ0n) is 11.0. The van der Waals surface area contributed by atoms with E-state index in [2.05, 4.69) is 15.9 Å². The van der Waals surface area contributed by atoms with Crippen LogP contribution in [0, 0.1) is 0 Å². The average molecular weight is 339 g/mol. The lowest BCUT2D eigenvalue weighted by Crippen LogP contribution is -2.23. The van der Waals surface area contributed by atoms with Crippen molar-refractivity contribution in [2.45, 2.75) is 6.54 Å². The molecule has 6 heteroatoms. The first-order valence-electron chi connectivity index (χ1n) is 6.03. The lowest BCUT2D eigenvalue weighted by molar-refractivity contribution is 0.278. The number of nitrogen functional groups attached to an aromatic ring is 1. The minimum absolute atomic E-state index is 0.136. The number of pyridine rings is 1. The van der Waals surface area contributed by atoms with Crippen LogP contribution in [0.3, 0.4) is 0 Å². The molecule has 0 bridgehead atoms. The Bertz CT molecular complexity index is 655. The molecule has 0 radical (unpaired) electrons. The molecule has 0 saturated carbocycles. The van der Waals surface area contributed by atoms with Gasteiger partial charge < -0.3 is 19.8 Å². The quantitative estimate of drug-likeness (QED) is 0.908. The van der Waals surface area contributed by atoms with E-state index < -0.39 is 0 Å². The third kappa shape index (κ3) is 3.33. The van der Waals surface area contributed by atoms with Gasteiger partial charge in [0, 0.05) is 11.9 Å². The number of anilines is 1. The van der Waals surface area contributed by atoms with Gasteiger partial charge in [-0.05, 0) is 34.1 Å². The van der Waals surface area contributed by atoms with E-state index in [0.29, 0.717) is 34.8 Å². The molecule has 0 saturated heterocycles. The molecule has 0 atom stereocenters. The molecular formula is C14H15BrN2O3. The van der Waals surface area contributed by atoms with E-state index >= 15 is 0 Å². The van der Waals surface area contributed by atoms with Gasteiger partial charge in [-0.3, -0.25) is 4.79 Å². The molecule has 20 heavy (non-hydrogen) atoms. The van der Waals surface area contributed by atoms with Crippen molar-refractivity contribution < 1.29 is 9.47 Å². The molecule has 0 amide bonds. The maximum atomic E-state index is 11.9. The molecule has 106 valence electrons. The summed E-state index contributed by atoms with van der Waals surface area (Å²) in [6.07, 6.45) is 1.60. The van der Waals surface area contributed by atoms with Gasteiger partial charge in [0.25, 0.3) is 5.56 Å². The van der Waals surface area contributed by atoms with E-state index in [4.69, 9.17) is 15.2 Å². The molecule has 0 fully saturated rings. The molecule has 2 N–H and O–H groups in total. The molecule has 0 aliphatic heterocycles. The fourth-order valence-electron chi connectivity index (χ4n) is 1.78. The SMILES string of the molecule is COc1ccccc1OCCn1cc(N)cc(Br)c1=O. The van der Waals surface area contributed by atoms with Crippen LogP contribution in [0.15, 0.2) is 45.8 Å². The van der Waals surface area contributed by atoms with Gasteiger partial charge in [0.1, 0.15) is 6.61 Å². The fourth-order valence-corrected chi connectivity index (χ4v) is 2.27. The summed E-state index contributed by atoms with van der Waals surface area (Å²) in [5.41, 5.74) is 6.09. The number of para-hydroxylation sites is 2. The molecule has 0 aliphatic carbocycles. The second-order valence-electron chi connectivity index (χ2n) is 4.12. The Morgan fingerprint density at radius 2 is 2.00 bits per heavy atom. The van der Waals surface area contributed by atoms with Crippen LogP contribution in [0.1, 0.15) is 0 Å². The molecule has 5 nitrogen and oxygen atoms in total. The summed E-state index contributed by atoms with van der Waals surface area (Å²) in [7, 11) is 1.59. The summed E-state index contributed by atoms with van der Waals surface area (Å²) < 4.78 is 12.8. The monoisotopic (exact) mass is 338 g/mol. The molecule has 0 unspecified atom stereocenters. The zero-order chi connectivity index (χ0) is 14.5. The third-order valence-electron chi connectivity index (χ3n) is 2.72. The number of rotatable bonds is 5. The lowest BCUT2D eigenvalue weighted by atomic mass is 10.3. The van der Waals surface area contributed by atoms with Gasteiger partial charge >= 0.3 is 0 Å². The van der Waals surface area contributed by atoms with E-state index in [-0.39, 0.29) is 5.56 Å². The lowest BCUT2D eigenvalue weighted by Gasteiger charge is -2.11. The highest BCUT2D eigenvalue weighted by Gasteiger charge is 2.05. The highest BCUT2D eigenvalue weighted by atomic mass is 79.9. The predicted octanol–water partition coefficient (Wildman–Crippen LogP) is 2.28. The van der Waals surface area contributed by atoms with Crippen LogP contribution in [0.5, 0.6) is 11.5 Å². The number of ether oxygens (including phenoxy) is 2. The molecule has 1 aromatic heterocycles. The molecule has 2 aromatic rings. The maximum absolute atomic E-state index is 11.9. The second-order valence-corrected chi connectivity index (χ2v) is 4.97. The van der Waals surface area contributed by atoms with Crippen LogP contribution in [-0.2, 0) is 6.54 Å².